The molecule has 0 saturated heterocycles. The van der Waals surface area contributed by atoms with E-state index in [2.05, 4.69) is 29.5 Å². The van der Waals surface area contributed by atoms with Gasteiger partial charge in [-0.05, 0) is 34.7 Å². The van der Waals surface area contributed by atoms with Crippen LogP contribution in [-0.2, 0) is 11.2 Å². The molecule has 1 aromatic heterocycles. The molecule has 1 rings (SSSR count). The van der Waals surface area contributed by atoms with Gasteiger partial charge in [-0.25, -0.2) is 4.98 Å². The lowest BCUT2D eigenvalue weighted by Gasteiger charge is -2.33. The van der Waals surface area contributed by atoms with Crippen molar-refractivity contribution in [3.8, 4) is 0 Å². The van der Waals surface area contributed by atoms with Gasteiger partial charge in [0.1, 0.15) is 0 Å². The fourth-order valence-electron chi connectivity index (χ4n) is 1.84. The maximum atomic E-state index is 5.78. The van der Waals surface area contributed by atoms with E-state index in [4.69, 9.17) is 4.74 Å². The molecule has 0 aliphatic carbocycles. The standard InChI is InChI=1S/C12H22N2OS/c1-6-15-12(3,4)10(13-5)7-11-14-9(2)8-16-11/h8,10,13H,6-7H2,1-5H3. The molecule has 0 radical (unpaired) electrons. The van der Waals surface area contributed by atoms with Crippen molar-refractivity contribution in [1.82, 2.24) is 10.3 Å². The minimum Gasteiger partial charge on any atom is -0.374 e. The number of ether oxygens (including phenoxy) is 1. The Morgan fingerprint density at radius 3 is 2.69 bits per heavy atom. The lowest BCUT2D eigenvalue weighted by Crippen LogP contribution is -2.48. The van der Waals surface area contributed by atoms with Crippen LogP contribution in [0.3, 0.4) is 0 Å². The quantitative estimate of drug-likeness (QED) is 0.832. The Morgan fingerprint density at radius 2 is 2.25 bits per heavy atom. The summed E-state index contributed by atoms with van der Waals surface area (Å²) in [5.41, 5.74) is 0.937. The number of hydrogen-bond acceptors (Lipinski definition) is 4. The Labute approximate surface area is 102 Å². The normalized spacial score (nSPS) is 14.1. The first-order chi connectivity index (χ1) is 7.49. The summed E-state index contributed by atoms with van der Waals surface area (Å²) in [6.07, 6.45) is 0.919. The molecule has 1 N–H and O–H groups in total. The minimum atomic E-state index is -0.164. The third kappa shape index (κ3) is 3.54. The summed E-state index contributed by atoms with van der Waals surface area (Å²) in [6, 6.07) is 0.290. The van der Waals surface area contributed by atoms with E-state index in [1.807, 2.05) is 20.9 Å². The van der Waals surface area contributed by atoms with E-state index in [-0.39, 0.29) is 11.6 Å². The van der Waals surface area contributed by atoms with Crippen molar-refractivity contribution >= 4 is 11.3 Å². The molecule has 0 aliphatic rings. The summed E-state index contributed by atoms with van der Waals surface area (Å²) in [5.74, 6) is 0. The largest absolute Gasteiger partial charge is 0.374 e. The van der Waals surface area contributed by atoms with Crippen LogP contribution in [0.4, 0.5) is 0 Å². The lowest BCUT2D eigenvalue weighted by atomic mass is 9.96. The Morgan fingerprint density at radius 1 is 1.56 bits per heavy atom. The molecule has 0 aromatic carbocycles. The first-order valence-corrected chi connectivity index (χ1v) is 6.59. The topological polar surface area (TPSA) is 34.1 Å². The van der Waals surface area contributed by atoms with Gasteiger partial charge >= 0.3 is 0 Å². The van der Waals surface area contributed by atoms with E-state index in [0.717, 1.165) is 18.7 Å². The number of nitrogens with zero attached hydrogens (tertiary/aromatic N) is 1. The smallest absolute Gasteiger partial charge is 0.0944 e. The van der Waals surface area contributed by atoms with Gasteiger partial charge < -0.3 is 10.1 Å². The number of likely N-dealkylation sites (N-methyl/N-ethyl adjacent to an activating group) is 1. The fraction of sp³-hybridized carbons (Fsp3) is 0.750. The van der Waals surface area contributed by atoms with Gasteiger partial charge in [-0.3, -0.25) is 0 Å². The zero-order valence-corrected chi connectivity index (χ0v) is 11.6. The van der Waals surface area contributed by atoms with Crippen LogP contribution in [0.1, 0.15) is 31.5 Å². The number of nitrogens with one attached hydrogen (secondary N) is 1. The van der Waals surface area contributed by atoms with Crippen molar-refractivity contribution in [3.05, 3.63) is 16.1 Å². The molecule has 0 saturated carbocycles. The molecule has 1 atom stereocenters. The van der Waals surface area contributed by atoms with Gasteiger partial charge in [0.25, 0.3) is 0 Å². The van der Waals surface area contributed by atoms with Gasteiger partial charge in [0, 0.05) is 30.1 Å². The van der Waals surface area contributed by atoms with Crippen LogP contribution in [0.5, 0.6) is 0 Å². The Balaban J connectivity index is 2.68. The molecule has 3 nitrogen and oxygen atoms in total. The molecular weight excluding hydrogens is 220 g/mol. The Hall–Kier alpha value is -0.450. The fourth-order valence-corrected chi connectivity index (χ4v) is 2.66. The first-order valence-electron chi connectivity index (χ1n) is 5.71. The van der Waals surface area contributed by atoms with Crippen LogP contribution >= 0.6 is 11.3 Å². The van der Waals surface area contributed by atoms with Crippen LogP contribution in [-0.4, -0.2) is 30.3 Å². The molecule has 0 aliphatic heterocycles. The highest BCUT2D eigenvalue weighted by Crippen LogP contribution is 2.20. The number of aryl methyl sites for hydroxylation is 1. The van der Waals surface area contributed by atoms with Crippen molar-refractivity contribution in [2.75, 3.05) is 13.7 Å². The predicted octanol–water partition coefficient (Wildman–Crippen LogP) is 2.40. The maximum Gasteiger partial charge on any atom is 0.0944 e. The van der Waals surface area contributed by atoms with Gasteiger partial charge in [-0.2, -0.15) is 0 Å². The molecule has 92 valence electrons. The molecule has 1 heterocycles. The van der Waals surface area contributed by atoms with Crippen LogP contribution in [0.2, 0.25) is 0 Å². The number of aromatic nitrogens is 1. The van der Waals surface area contributed by atoms with E-state index in [1.54, 1.807) is 11.3 Å². The van der Waals surface area contributed by atoms with Crippen LogP contribution in [0.15, 0.2) is 5.38 Å². The minimum absolute atomic E-state index is 0.164. The van der Waals surface area contributed by atoms with Crippen molar-refractivity contribution in [2.24, 2.45) is 0 Å². The predicted molar refractivity (Wildman–Crippen MR) is 69.1 cm³/mol. The Bertz CT molecular complexity index is 323. The van der Waals surface area contributed by atoms with E-state index < -0.39 is 0 Å². The molecule has 4 heteroatoms. The second-order valence-electron chi connectivity index (χ2n) is 4.46. The van der Waals surface area contributed by atoms with Gasteiger partial charge in [0.05, 0.1) is 10.6 Å². The highest BCUT2D eigenvalue weighted by molar-refractivity contribution is 7.09. The summed E-state index contributed by atoms with van der Waals surface area (Å²) in [4.78, 5) is 4.50. The second kappa shape index (κ2) is 5.75. The first kappa shape index (κ1) is 13.6. The number of thiazole rings is 1. The van der Waals surface area contributed by atoms with Crippen molar-refractivity contribution in [1.29, 1.82) is 0 Å². The molecule has 0 spiro atoms. The summed E-state index contributed by atoms with van der Waals surface area (Å²) in [5, 5.41) is 6.59. The number of rotatable bonds is 6. The zero-order chi connectivity index (χ0) is 12.2. The third-order valence-corrected chi connectivity index (χ3v) is 3.74. The van der Waals surface area contributed by atoms with Gasteiger partial charge in [-0.1, -0.05) is 0 Å². The average Bonchev–Trinajstić information content (AvgIpc) is 2.60. The van der Waals surface area contributed by atoms with Gasteiger partial charge in [0.15, 0.2) is 0 Å². The van der Waals surface area contributed by atoms with Crippen LogP contribution < -0.4 is 5.32 Å². The molecule has 1 aromatic rings. The van der Waals surface area contributed by atoms with Crippen molar-refractivity contribution < 1.29 is 4.74 Å². The average molecular weight is 242 g/mol. The summed E-state index contributed by atoms with van der Waals surface area (Å²) in [6.45, 7) is 9.04. The van der Waals surface area contributed by atoms with E-state index in [0.29, 0.717) is 0 Å². The monoisotopic (exact) mass is 242 g/mol. The lowest BCUT2D eigenvalue weighted by molar-refractivity contribution is -0.0363. The molecule has 0 amide bonds. The van der Waals surface area contributed by atoms with E-state index in [1.165, 1.54) is 5.01 Å². The summed E-state index contributed by atoms with van der Waals surface area (Å²) in [7, 11) is 1.98. The highest BCUT2D eigenvalue weighted by atomic mass is 32.1. The van der Waals surface area contributed by atoms with Gasteiger partial charge in [0.2, 0.25) is 0 Å². The van der Waals surface area contributed by atoms with E-state index >= 15 is 0 Å². The van der Waals surface area contributed by atoms with E-state index in [9.17, 15) is 0 Å². The van der Waals surface area contributed by atoms with Crippen molar-refractivity contribution in [2.45, 2.75) is 45.8 Å². The second-order valence-corrected chi connectivity index (χ2v) is 5.41. The third-order valence-electron chi connectivity index (χ3n) is 2.75. The highest BCUT2D eigenvalue weighted by Gasteiger charge is 2.29. The van der Waals surface area contributed by atoms with Crippen LogP contribution in [0, 0.1) is 6.92 Å². The van der Waals surface area contributed by atoms with Gasteiger partial charge in [-0.15, -0.1) is 11.3 Å². The summed E-state index contributed by atoms with van der Waals surface area (Å²) >= 11 is 1.72. The zero-order valence-electron chi connectivity index (χ0n) is 10.8. The molecule has 0 bridgehead atoms. The van der Waals surface area contributed by atoms with Crippen LogP contribution in [0.25, 0.3) is 0 Å². The molecule has 16 heavy (non-hydrogen) atoms. The van der Waals surface area contributed by atoms with Crippen molar-refractivity contribution in [3.63, 3.8) is 0 Å². The molecule has 0 fully saturated rings. The number of hydrogen-bond donors (Lipinski definition) is 1. The molecule has 1 unspecified atom stereocenters. The maximum absolute atomic E-state index is 5.78. The SMILES string of the molecule is CCOC(C)(C)C(Cc1nc(C)cs1)NC. The Kier molecular flexibility index (Phi) is 4.89. The molecular formula is C12H22N2OS. The summed E-state index contributed by atoms with van der Waals surface area (Å²) < 4.78 is 5.78.